The van der Waals surface area contributed by atoms with E-state index in [0.29, 0.717) is 33.6 Å². The maximum atomic E-state index is 12.8. The van der Waals surface area contributed by atoms with Gasteiger partial charge in [0, 0.05) is 18.5 Å². The van der Waals surface area contributed by atoms with Crippen LogP contribution >= 0.6 is 11.5 Å². The summed E-state index contributed by atoms with van der Waals surface area (Å²) in [7, 11) is 0. The fourth-order valence-corrected chi connectivity index (χ4v) is 4.08. The van der Waals surface area contributed by atoms with Crippen molar-refractivity contribution in [2.75, 3.05) is 10.6 Å². The molecule has 150 valence electrons. The fourth-order valence-electron chi connectivity index (χ4n) is 3.27. The highest BCUT2D eigenvalue weighted by Crippen LogP contribution is 2.28. The summed E-state index contributed by atoms with van der Waals surface area (Å²) in [4.78, 5) is 25.4. The van der Waals surface area contributed by atoms with Crippen LogP contribution < -0.4 is 15.4 Å². The monoisotopic (exact) mass is 410 g/mol. The number of pyridine rings is 1. The number of anilines is 3. The summed E-state index contributed by atoms with van der Waals surface area (Å²) in [6.07, 6.45) is 12.5. The van der Waals surface area contributed by atoms with E-state index in [4.69, 9.17) is 4.74 Å². The SMILES string of the molecule is Cc1nsc(Nc2cnccn2)c1C(=O)Nc1ccc(OC2CCCCC2)nc1. The molecule has 0 radical (unpaired) electrons. The highest BCUT2D eigenvalue weighted by Gasteiger charge is 2.20. The highest BCUT2D eigenvalue weighted by molar-refractivity contribution is 7.10. The van der Waals surface area contributed by atoms with Crippen molar-refractivity contribution >= 4 is 33.9 Å². The van der Waals surface area contributed by atoms with E-state index >= 15 is 0 Å². The molecule has 9 heteroatoms. The lowest BCUT2D eigenvalue weighted by Crippen LogP contribution is -2.20. The van der Waals surface area contributed by atoms with Crippen molar-refractivity contribution in [1.29, 1.82) is 0 Å². The second-order valence-electron chi connectivity index (χ2n) is 6.90. The molecule has 0 unspecified atom stereocenters. The number of hydrogen-bond donors (Lipinski definition) is 2. The zero-order valence-electron chi connectivity index (χ0n) is 16.1. The molecule has 0 aliphatic heterocycles. The number of nitrogens with zero attached hydrogens (tertiary/aromatic N) is 4. The molecule has 0 saturated heterocycles. The predicted molar refractivity (Wildman–Crippen MR) is 112 cm³/mol. The van der Waals surface area contributed by atoms with Crippen LogP contribution in [-0.2, 0) is 0 Å². The smallest absolute Gasteiger partial charge is 0.260 e. The van der Waals surface area contributed by atoms with Gasteiger partial charge in [0.05, 0.1) is 29.3 Å². The highest BCUT2D eigenvalue weighted by atomic mass is 32.1. The predicted octanol–water partition coefficient (Wildman–Crippen LogP) is 4.34. The molecule has 0 aromatic carbocycles. The van der Waals surface area contributed by atoms with Gasteiger partial charge < -0.3 is 15.4 Å². The molecule has 3 heterocycles. The van der Waals surface area contributed by atoms with E-state index in [1.165, 1.54) is 30.8 Å². The van der Waals surface area contributed by atoms with Gasteiger partial charge >= 0.3 is 0 Å². The van der Waals surface area contributed by atoms with Gasteiger partial charge in [0.2, 0.25) is 5.88 Å². The lowest BCUT2D eigenvalue weighted by Gasteiger charge is -2.22. The van der Waals surface area contributed by atoms with Gasteiger partial charge in [0.15, 0.2) is 0 Å². The standard InChI is InChI=1S/C20H22N6O2S/c1-13-18(20(29-26-13)25-16-12-21-9-10-22-16)19(27)24-14-7-8-17(23-11-14)28-15-5-3-2-4-6-15/h7-12,15H,2-6H2,1H3,(H,22,25)(H,24,27). The van der Waals surface area contributed by atoms with Crippen LogP contribution in [0.2, 0.25) is 0 Å². The van der Waals surface area contributed by atoms with Crippen LogP contribution in [0, 0.1) is 6.92 Å². The number of aryl methyl sites for hydroxylation is 1. The Bertz CT molecular complexity index is 955. The van der Waals surface area contributed by atoms with Crippen LogP contribution in [0.3, 0.4) is 0 Å². The first-order valence-corrected chi connectivity index (χ1v) is 10.4. The second-order valence-corrected chi connectivity index (χ2v) is 7.68. The largest absolute Gasteiger partial charge is 0.474 e. The van der Waals surface area contributed by atoms with Crippen molar-refractivity contribution in [1.82, 2.24) is 19.3 Å². The number of carbonyl (C=O) groups excluding carboxylic acids is 1. The molecule has 1 aliphatic rings. The Kier molecular flexibility index (Phi) is 5.95. The number of hydrogen-bond acceptors (Lipinski definition) is 8. The molecular formula is C20H22N6O2S. The van der Waals surface area contributed by atoms with Crippen molar-refractivity contribution in [3.63, 3.8) is 0 Å². The Labute approximate surface area is 172 Å². The maximum absolute atomic E-state index is 12.8. The molecule has 0 atom stereocenters. The van der Waals surface area contributed by atoms with E-state index in [9.17, 15) is 4.79 Å². The molecular weight excluding hydrogens is 388 g/mol. The van der Waals surface area contributed by atoms with Crippen molar-refractivity contribution in [2.45, 2.75) is 45.1 Å². The first-order valence-electron chi connectivity index (χ1n) is 9.62. The van der Waals surface area contributed by atoms with E-state index in [-0.39, 0.29) is 12.0 Å². The summed E-state index contributed by atoms with van der Waals surface area (Å²) in [5, 5.41) is 6.59. The van der Waals surface area contributed by atoms with Crippen LogP contribution in [0.1, 0.15) is 48.2 Å². The molecule has 2 N–H and O–H groups in total. The first kappa shape index (κ1) is 19.3. The molecule has 1 fully saturated rings. The quantitative estimate of drug-likeness (QED) is 0.623. The minimum absolute atomic E-state index is 0.242. The van der Waals surface area contributed by atoms with Gasteiger partial charge in [0.25, 0.3) is 5.91 Å². The van der Waals surface area contributed by atoms with Gasteiger partial charge in [-0.1, -0.05) is 6.42 Å². The van der Waals surface area contributed by atoms with E-state index < -0.39 is 0 Å². The molecule has 1 saturated carbocycles. The lowest BCUT2D eigenvalue weighted by molar-refractivity contribution is 0.102. The van der Waals surface area contributed by atoms with Gasteiger partial charge in [-0.2, -0.15) is 4.37 Å². The van der Waals surface area contributed by atoms with E-state index in [2.05, 4.69) is 30.0 Å². The van der Waals surface area contributed by atoms with Gasteiger partial charge in [-0.25, -0.2) is 9.97 Å². The van der Waals surface area contributed by atoms with Gasteiger partial charge in [0.1, 0.15) is 16.9 Å². The fraction of sp³-hybridized carbons (Fsp3) is 0.350. The topological polar surface area (TPSA) is 102 Å². The minimum Gasteiger partial charge on any atom is -0.474 e. The number of aromatic nitrogens is 4. The third-order valence-electron chi connectivity index (χ3n) is 4.73. The van der Waals surface area contributed by atoms with Crippen molar-refractivity contribution < 1.29 is 9.53 Å². The summed E-state index contributed by atoms with van der Waals surface area (Å²) in [5.74, 6) is 0.884. The Hall–Kier alpha value is -3.07. The second kappa shape index (κ2) is 8.95. The van der Waals surface area contributed by atoms with Gasteiger partial charge in [-0.15, -0.1) is 0 Å². The van der Waals surface area contributed by atoms with Crippen LogP contribution in [0.5, 0.6) is 5.88 Å². The molecule has 8 nitrogen and oxygen atoms in total. The summed E-state index contributed by atoms with van der Waals surface area (Å²) < 4.78 is 10.2. The summed E-state index contributed by atoms with van der Waals surface area (Å²) >= 11 is 1.21. The summed E-state index contributed by atoms with van der Waals surface area (Å²) in [5.41, 5.74) is 1.72. The van der Waals surface area contributed by atoms with Crippen molar-refractivity contribution in [3.8, 4) is 5.88 Å². The Balaban J connectivity index is 1.42. The number of rotatable bonds is 6. The Morgan fingerprint density at radius 1 is 1.14 bits per heavy atom. The van der Waals surface area contributed by atoms with Crippen LogP contribution in [-0.4, -0.2) is 31.3 Å². The van der Waals surface area contributed by atoms with Gasteiger partial charge in [-0.05, 0) is 50.2 Å². The molecule has 1 amide bonds. The van der Waals surface area contributed by atoms with Gasteiger partial charge in [-0.3, -0.25) is 9.78 Å². The molecule has 0 bridgehead atoms. The molecule has 1 aliphatic carbocycles. The number of carbonyl (C=O) groups is 1. The number of nitrogens with one attached hydrogen (secondary N) is 2. The summed E-state index contributed by atoms with van der Waals surface area (Å²) in [6.45, 7) is 1.80. The minimum atomic E-state index is -0.259. The average Bonchev–Trinajstić information content (AvgIpc) is 3.11. The maximum Gasteiger partial charge on any atom is 0.260 e. The van der Waals surface area contributed by atoms with Crippen molar-refractivity contribution in [2.24, 2.45) is 0 Å². The molecule has 3 aromatic heterocycles. The number of amides is 1. The Morgan fingerprint density at radius 2 is 2.00 bits per heavy atom. The lowest BCUT2D eigenvalue weighted by atomic mass is 9.98. The average molecular weight is 411 g/mol. The molecule has 0 spiro atoms. The van der Waals surface area contributed by atoms with Crippen LogP contribution in [0.15, 0.2) is 36.9 Å². The van der Waals surface area contributed by atoms with E-state index in [1.54, 1.807) is 43.8 Å². The molecule has 3 aromatic rings. The Morgan fingerprint density at radius 3 is 2.72 bits per heavy atom. The van der Waals surface area contributed by atoms with Crippen LogP contribution in [0.4, 0.5) is 16.5 Å². The van der Waals surface area contributed by atoms with Crippen LogP contribution in [0.25, 0.3) is 0 Å². The molecule has 4 rings (SSSR count). The van der Waals surface area contributed by atoms with E-state index in [0.717, 1.165) is 12.8 Å². The zero-order chi connectivity index (χ0) is 20.1. The normalized spacial score (nSPS) is 14.4. The van der Waals surface area contributed by atoms with E-state index in [1.807, 2.05) is 0 Å². The third kappa shape index (κ3) is 4.86. The first-order chi connectivity index (χ1) is 14.2. The summed E-state index contributed by atoms with van der Waals surface area (Å²) in [6, 6.07) is 3.59. The third-order valence-corrected chi connectivity index (χ3v) is 5.58. The molecule has 29 heavy (non-hydrogen) atoms. The zero-order valence-corrected chi connectivity index (χ0v) is 16.9. The van der Waals surface area contributed by atoms with Crippen molar-refractivity contribution in [3.05, 3.63) is 48.2 Å². The number of ether oxygens (including phenoxy) is 1.